The van der Waals surface area contributed by atoms with E-state index in [4.69, 9.17) is 13.9 Å². The number of hydrogen-bond donors (Lipinski definition) is 1. The van der Waals surface area contributed by atoms with E-state index in [0.717, 1.165) is 5.56 Å². The number of ketones is 1. The van der Waals surface area contributed by atoms with Gasteiger partial charge in [-0.1, -0.05) is 18.6 Å². The molecule has 1 aromatic carbocycles. The molecule has 1 aromatic heterocycles. The summed E-state index contributed by atoms with van der Waals surface area (Å²) in [6.45, 7) is 8.81. The monoisotopic (exact) mass is 479 g/mol. The Kier molecular flexibility index (Phi) is 6.40. The molecule has 0 bridgehead atoms. The standard InChI is InChI=1S/C27H29NO7/c1-12(2)35-27(32)21-15(5)28-18-10-14(4)20(26(31)33-6)25(30)23(18)22(21)17-11-34-19-8-7-13(3)9-16(19)24(17)29/h7-9,11-12,14,20,22,28H,10H2,1-6H3/t14-,20+,22-/m0/s1. The number of rotatable bonds is 4. The molecule has 2 heterocycles. The first-order valence-corrected chi connectivity index (χ1v) is 11.6. The van der Waals surface area contributed by atoms with E-state index in [0.29, 0.717) is 28.8 Å². The molecule has 35 heavy (non-hydrogen) atoms. The summed E-state index contributed by atoms with van der Waals surface area (Å²) in [4.78, 5) is 53.3. The first kappa shape index (κ1) is 24.4. The topological polar surface area (TPSA) is 112 Å². The Morgan fingerprint density at radius 3 is 2.54 bits per heavy atom. The molecule has 8 nitrogen and oxygen atoms in total. The van der Waals surface area contributed by atoms with Gasteiger partial charge in [-0.3, -0.25) is 14.4 Å². The van der Waals surface area contributed by atoms with E-state index in [1.807, 2.05) is 13.0 Å². The number of benzene rings is 1. The summed E-state index contributed by atoms with van der Waals surface area (Å²) in [6, 6.07) is 5.25. The average Bonchev–Trinajstić information content (AvgIpc) is 2.78. The van der Waals surface area contributed by atoms with Crippen molar-refractivity contribution in [2.24, 2.45) is 11.8 Å². The van der Waals surface area contributed by atoms with Crippen molar-refractivity contribution in [3.8, 4) is 0 Å². The molecule has 3 atom stereocenters. The number of methoxy groups -OCH3 is 1. The number of dihydropyridines is 1. The van der Waals surface area contributed by atoms with Gasteiger partial charge in [0.15, 0.2) is 11.2 Å². The molecule has 0 amide bonds. The van der Waals surface area contributed by atoms with E-state index in [-0.39, 0.29) is 28.1 Å². The van der Waals surface area contributed by atoms with Crippen molar-refractivity contribution in [3.63, 3.8) is 0 Å². The Hall–Kier alpha value is -3.68. The van der Waals surface area contributed by atoms with E-state index in [2.05, 4.69) is 5.32 Å². The third kappa shape index (κ3) is 4.17. The lowest BCUT2D eigenvalue weighted by molar-refractivity contribution is -0.151. The van der Waals surface area contributed by atoms with Gasteiger partial charge in [-0.15, -0.1) is 0 Å². The van der Waals surface area contributed by atoms with Gasteiger partial charge < -0.3 is 19.2 Å². The van der Waals surface area contributed by atoms with Crippen LogP contribution < -0.4 is 10.7 Å². The zero-order valence-corrected chi connectivity index (χ0v) is 20.7. The quantitative estimate of drug-likeness (QED) is 0.522. The molecule has 0 unspecified atom stereocenters. The highest BCUT2D eigenvalue weighted by molar-refractivity contribution is 6.12. The lowest BCUT2D eigenvalue weighted by Gasteiger charge is -2.38. The Labute approximate surface area is 203 Å². The van der Waals surface area contributed by atoms with Crippen LogP contribution in [0.1, 0.15) is 51.2 Å². The van der Waals surface area contributed by atoms with Crippen LogP contribution in [0.25, 0.3) is 11.0 Å². The van der Waals surface area contributed by atoms with E-state index >= 15 is 0 Å². The Bertz CT molecular complexity index is 1360. The fourth-order valence-electron chi connectivity index (χ4n) is 5.00. The molecule has 2 aromatic rings. The molecule has 184 valence electrons. The van der Waals surface area contributed by atoms with Crippen molar-refractivity contribution in [2.75, 3.05) is 7.11 Å². The van der Waals surface area contributed by atoms with Crippen LogP contribution in [0, 0.1) is 18.8 Å². The number of fused-ring (bicyclic) bond motifs is 1. The van der Waals surface area contributed by atoms with Gasteiger partial charge in [-0.25, -0.2) is 4.79 Å². The molecule has 1 N–H and O–H groups in total. The van der Waals surface area contributed by atoms with Gasteiger partial charge in [-0.2, -0.15) is 0 Å². The lowest BCUT2D eigenvalue weighted by atomic mass is 9.69. The zero-order valence-electron chi connectivity index (χ0n) is 20.7. The molecule has 4 rings (SSSR count). The molecular formula is C27H29NO7. The number of carbonyl (C=O) groups is 3. The molecule has 1 aliphatic carbocycles. The van der Waals surface area contributed by atoms with Gasteiger partial charge in [0.1, 0.15) is 11.5 Å². The van der Waals surface area contributed by atoms with Gasteiger partial charge in [0, 0.05) is 22.5 Å². The number of aryl methyl sites for hydroxylation is 1. The molecular weight excluding hydrogens is 450 g/mol. The maximum absolute atomic E-state index is 13.8. The summed E-state index contributed by atoms with van der Waals surface area (Å²) < 4.78 is 16.2. The molecule has 1 aliphatic heterocycles. The fraction of sp³-hybridized carbons (Fsp3) is 0.407. The Morgan fingerprint density at radius 2 is 1.89 bits per heavy atom. The van der Waals surface area contributed by atoms with Crippen LogP contribution in [0.4, 0.5) is 0 Å². The van der Waals surface area contributed by atoms with Crippen molar-refractivity contribution < 1.29 is 28.3 Å². The number of ether oxygens (including phenoxy) is 2. The summed E-state index contributed by atoms with van der Waals surface area (Å²) in [5.74, 6) is -4.19. The van der Waals surface area contributed by atoms with Gasteiger partial charge in [0.2, 0.25) is 0 Å². The zero-order chi connectivity index (χ0) is 25.6. The van der Waals surface area contributed by atoms with E-state index in [1.54, 1.807) is 39.8 Å². The van der Waals surface area contributed by atoms with Crippen molar-refractivity contribution in [1.82, 2.24) is 5.32 Å². The molecule has 0 saturated carbocycles. The number of nitrogens with one attached hydrogen (secondary N) is 1. The fourth-order valence-corrected chi connectivity index (χ4v) is 5.00. The number of hydrogen-bond acceptors (Lipinski definition) is 8. The van der Waals surface area contributed by atoms with E-state index in [9.17, 15) is 19.2 Å². The van der Waals surface area contributed by atoms with E-state index < -0.39 is 35.7 Å². The average molecular weight is 480 g/mol. The van der Waals surface area contributed by atoms with Gasteiger partial charge in [0.25, 0.3) is 0 Å². The van der Waals surface area contributed by atoms with Crippen molar-refractivity contribution >= 4 is 28.7 Å². The normalized spacial score (nSPS) is 22.3. The minimum Gasteiger partial charge on any atom is -0.468 e. The smallest absolute Gasteiger partial charge is 0.337 e. The number of carbonyl (C=O) groups excluding carboxylic acids is 3. The summed E-state index contributed by atoms with van der Waals surface area (Å²) >= 11 is 0. The SMILES string of the molecule is COC(=O)[C@H]1C(=O)C2=C(C[C@@H]1C)NC(C)=C(C(=O)OC(C)C)[C@@H]2c1coc2ccc(C)cc2c1=O. The molecule has 2 aliphatic rings. The lowest BCUT2D eigenvalue weighted by Crippen LogP contribution is -2.44. The van der Waals surface area contributed by atoms with Crippen LogP contribution in [0.2, 0.25) is 0 Å². The summed E-state index contributed by atoms with van der Waals surface area (Å²) in [7, 11) is 1.23. The summed E-state index contributed by atoms with van der Waals surface area (Å²) in [5, 5.41) is 3.53. The Morgan fingerprint density at radius 1 is 1.17 bits per heavy atom. The Balaban J connectivity index is 1.98. The maximum Gasteiger partial charge on any atom is 0.337 e. The third-order valence-electron chi connectivity index (χ3n) is 6.57. The second-order valence-corrected chi connectivity index (χ2v) is 9.51. The van der Waals surface area contributed by atoms with Crippen LogP contribution in [-0.4, -0.2) is 30.9 Å². The van der Waals surface area contributed by atoms with Crippen LogP contribution in [0.5, 0.6) is 0 Å². The van der Waals surface area contributed by atoms with Gasteiger partial charge >= 0.3 is 11.9 Å². The third-order valence-corrected chi connectivity index (χ3v) is 6.57. The molecule has 0 saturated heterocycles. The van der Waals surface area contributed by atoms with Gasteiger partial charge in [-0.05, 0) is 52.2 Å². The number of Topliss-reactive ketones (excluding diaryl/α,β-unsaturated/α-hetero) is 1. The maximum atomic E-state index is 13.8. The highest BCUT2D eigenvalue weighted by Gasteiger charge is 2.48. The summed E-state index contributed by atoms with van der Waals surface area (Å²) in [6.07, 6.45) is 1.26. The second kappa shape index (κ2) is 9.17. The number of esters is 2. The predicted molar refractivity (Wildman–Crippen MR) is 128 cm³/mol. The van der Waals surface area contributed by atoms with Crippen molar-refractivity contribution in [3.05, 3.63) is 68.4 Å². The first-order chi connectivity index (χ1) is 16.5. The summed E-state index contributed by atoms with van der Waals surface area (Å²) in [5.41, 5.74) is 2.45. The van der Waals surface area contributed by atoms with Crippen molar-refractivity contribution in [1.29, 1.82) is 0 Å². The second-order valence-electron chi connectivity index (χ2n) is 9.51. The molecule has 0 fully saturated rings. The van der Waals surface area contributed by atoms with Crippen molar-refractivity contribution in [2.45, 2.75) is 53.1 Å². The molecule has 8 heteroatoms. The van der Waals surface area contributed by atoms with Crippen LogP contribution >= 0.6 is 0 Å². The van der Waals surface area contributed by atoms with Crippen LogP contribution in [-0.2, 0) is 23.9 Å². The van der Waals surface area contributed by atoms with Gasteiger partial charge in [0.05, 0.1) is 36.4 Å². The first-order valence-electron chi connectivity index (χ1n) is 11.6. The number of allylic oxidation sites excluding steroid dienone is 3. The largest absolute Gasteiger partial charge is 0.468 e. The highest BCUT2D eigenvalue weighted by atomic mass is 16.5. The van der Waals surface area contributed by atoms with E-state index in [1.165, 1.54) is 13.4 Å². The highest BCUT2D eigenvalue weighted by Crippen LogP contribution is 2.45. The molecule has 0 radical (unpaired) electrons. The van der Waals surface area contributed by atoms with Crippen LogP contribution in [0.3, 0.4) is 0 Å². The predicted octanol–water partition coefficient (Wildman–Crippen LogP) is 3.67. The minimum absolute atomic E-state index is 0.138. The minimum atomic E-state index is -1.05. The van der Waals surface area contributed by atoms with Crippen LogP contribution in [0.15, 0.2) is 56.2 Å². The molecule has 0 spiro atoms.